The Kier molecular flexibility index (Phi) is 8.43. The second kappa shape index (κ2) is 11.7. The summed E-state index contributed by atoms with van der Waals surface area (Å²) in [7, 11) is 7.64. The van der Waals surface area contributed by atoms with Crippen LogP contribution in [0.5, 0.6) is 5.75 Å². The van der Waals surface area contributed by atoms with Gasteiger partial charge in [0.25, 0.3) is 11.8 Å². The lowest BCUT2D eigenvalue weighted by molar-refractivity contribution is -0.153. The van der Waals surface area contributed by atoms with Crippen LogP contribution >= 0.6 is 11.6 Å². The molecule has 0 saturated heterocycles. The SMILES string of the molecule is CONC(C)(C(=O)Nc1c(O)c2c(c(N(C)C)c1Cl)CC1CC3[C@H](N(C)C)C(=O)C(C(N)=O)=C(O)[C@@]3(O)C(=O)C1=C2O)c1ccco1. The Morgan fingerprint density at radius 3 is 2.38 bits per heavy atom. The number of furan rings is 1. The normalized spacial score (nSPS) is 25.3. The first-order chi connectivity index (χ1) is 21.9. The summed E-state index contributed by atoms with van der Waals surface area (Å²) in [5.74, 6) is -8.65. The molecule has 8 N–H and O–H groups in total. The van der Waals surface area contributed by atoms with Crippen LogP contribution < -0.4 is 21.4 Å². The van der Waals surface area contributed by atoms with Gasteiger partial charge < -0.3 is 45.6 Å². The van der Waals surface area contributed by atoms with Gasteiger partial charge in [0.05, 0.1) is 35.7 Å². The van der Waals surface area contributed by atoms with Gasteiger partial charge in [-0.15, -0.1) is 0 Å². The number of rotatable bonds is 8. The van der Waals surface area contributed by atoms with Gasteiger partial charge in [-0.3, -0.25) is 24.1 Å². The van der Waals surface area contributed by atoms with Gasteiger partial charge in [-0.1, -0.05) is 11.6 Å². The van der Waals surface area contributed by atoms with E-state index in [0.717, 1.165) is 0 Å². The zero-order valence-corrected chi connectivity index (χ0v) is 27.2. The molecule has 5 rings (SSSR count). The summed E-state index contributed by atoms with van der Waals surface area (Å²) in [5.41, 5.74) is 2.34. The predicted molar refractivity (Wildman–Crippen MR) is 168 cm³/mol. The summed E-state index contributed by atoms with van der Waals surface area (Å²) < 4.78 is 5.43. The van der Waals surface area contributed by atoms with Crippen LogP contribution in [0, 0.1) is 11.8 Å². The Morgan fingerprint density at radius 2 is 1.85 bits per heavy atom. The van der Waals surface area contributed by atoms with Gasteiger partial charge in [0.1, 0.15) is 28.5 Å². The first-order valence-corrected chi connectivity index (χ1v) is 14.9. The van der Waals surface area contributed by atoms with Crippen LogP contribution in [0.1, 0.15) is 30.2 Å². The highest BCUT2D eigenvalue weighted by Gasteiger charge is 2.64. The average Bonchev–Trinajstić information content (AvgIpc) is 3.52. The summed E-state index contributed by atoms with van der Waals surface area (Å²) in [5, 5.41) is 48.8. The number of ketones is 2. The van der Waals surface area contributed by atoms with Crippen LogP contribution in [0.15, 0.2) is 39.7 Å². The number of likely N-dealkylation sites (N-methyl/N-ethyl adjacent to an activating group) is 1. The number of phenols is 1. The molecule has 1 heterocycles. The van der Waals surface area contributed by atoms with Crippen molar-refractivity contribution in [1.82, 2.24) is 10.4 Å². The third kappa shape index (κ3) is 4.80. The molecular formula is C31H36ClN5O10. The maximum absolute atomic E-state index is 14.2. The zero-order valence-electron chi connectivity index (χ0n) is 26.5. The number of anilines is 2. The summed E-state index contributed by atoms with van der Waals surface area (Å²) in [6.07, 6.45) is 1.26. The van der Waals surface area contributed by atoms with Gasteiger partial charge in [-0.25, -0.2) is 0 Å². The van der Waals surface area contributed by atoms with Crippen LogP contribution in [0.4, 0.5) is 11.4 Å². The zero-order chi connectivity index (χ0) is 34.9. The Labute approximate surface area is 274 Å². The molecule has 1 saturated carbocycles. The highest BCUT2D eigenvalue weighted by Crippen LogP contribution is 2.56. The molecular weight excluding hydrogens is 638 g/mol. The molecule has 47 heavy (non-hydrogen) atoms. The summed E-state index contributed by atoms with van der Waals surface area (Å²) in [6, 6.07) is 1.87. The molecule has 2 aromatic rings. The first-order valence-electron chi connectivity index (χ1n) is 14.5. The van der Waals surface area contributed by atoms with Crippen molar-refractivity contribution in [2.24, 2.45) is 17.6 Å². The van der Waals surface area contributed by atoms with Crippen LogP contribution in [0.3, 0.4) is 0 Å². The molecule has 3 aliphatic carbocycles. The molecule has 252 valence electrons. The van der Waals surface area contributed by atoms with Crippen LogP contribution in [0.25, 0.3) is 5.76 Å². The average molecular weight is 674 g/mol. The van der Waals surface area contributed by atoms with E-state index in [2.05, 4.69) is 10.8 Å². The number of nitrogens with one attached hydrogen (secondary N) is 2. The van der Waals surface area contributed by atoms with Crippen molar-refractivity contribution < 1.29 is 48.9 Å². The molecule has 5 atom stereocenters. The first kappa shape index (κ1) is 33.9. The highest BCUT2D eigenvalue weighted by molar-refractivity contribution is 6.37. The number of benzene rings is 1. The number of hydrogen-bond donors (Lipinski definition) is 7. The molecule has 0 aliphatic heterocycles. The number of nitrogens with zero attached hydrogens (tertiary/aromatic N) is 2. The Bertz CT molecular complexity index is 1770. The van der Waals surface area contributed by atoms with E-state index in [4.69, 9.17) is 26.6 Å². The fraction of sp³-hybridized carbons (Fsp3) is 0.419. The van der Waals surface area contributed by atoms with E-state index in [-0.39, 0.29) is 40.4 Å². The molecule has 2 amide bonds. The maximum atomic E-state index is 14.2. The molecule has 1 aromatic carbocycles. The topological polar surface area (TPSA) is 228 Å². The molecule has 1 aromatic heterocycles. The van der Waals surface area contributed by atoms with E-state index in [9.17, 15) is 39.6 Å². The smallest absolute Gasteiger partial charge is 0.255 e. The second-order valence-corrected chi connectivity index (χ2v) is 12.8. The molecule has 3 aliphatic rings. The van der Waals surface area contributed by atoms with E-state index in [1.807, 2.05) is 0 Å². The van der Waals surface area contributed by atoms with Crippen LogP contribution in [0.2, 0.25) is 5.02 Å². The number of amides is 2. The Hall–Kier alpha value is -4.41. The van der Waals surface area contributed by atoms with Crippen LogP contribution in [-0.2, 0) is 36.0 Å². The summed E-state index contributed by atoms with van der Waals surface area (Å²) in [4.78, 5) is 61.6. The van der Waals surface area contributed by atoms with Gasteiger partial charge in [-0.05, 0) is 57.5 Å². The standard InChI is InChI=1S/C31H36ClN5O10/c1-30(35-46-6,15-8-7-9-47-15)29(44)34-20-19(32)21(36(2)3)13-10-12-11-14-22(37(4)5)25(40)18(28(33)43)27(42)31(14,45)26(41)16(12)23(38)17(13)24(20)39/h7-9,12,14,22,35,38-39,42,45H,10-11H2,1-6H3,(H2,33,43)(H,34,44)/t12?,14?,22-,30?,31-/m0/s1. The van der Waals surface area contributed by atoms with E-state index >= 15 is 0 Å². The van der Waals surface area contributed by atoms with Gasteiger partial charge in [0, 0.05) is 25.6 Å². The lowest BCUT2D eigenvalue weighted by Gasteiger charge is -2.50. The van der Waals surface area contributed by atoms with Crippen molar-refractivity contribution in [3.8, 4) is 5.75 Å². The van der Waals surface area contributed by atoms with Crippen molar-refractivity contribution in [3.05, 3.63) is 57.2 Å². The lowest BCUT2D eigenvalue weighted by atomic mass is 9.57. The number of nitrogens with two attached hydrogens (primary N) is 1. The van der Waals surface area contributed by atoms with Crippen molar-refractivity contribution in [2.45, 2.75) is 36.9 Å². The predicted octanol–water partition coefficient (Wildman–Crippen LogP) is 1.28. The minimum Gasteiger partial charge on any atom is -0.508 e. The number of fused-ring (bicyclic) bond motifs is 3. The number of hydroxylamine groups is 1. The molecule has 1 fully saturated rings. The van der Waals surface area contributed by atoms with Gasteiger partial charge in [-0.2, -0.15) is 5.48 Å². The molecule has 3 unspecified atom stereocenters. The number of aliphatic hydroxyl groups is 3. The minimum atomic E-state index is -2.80. The molecule has 0 bridgehead atoms. The number of phenolic OH excluding ortho intramolecular Hbond substituents is 1. The number of Topliss-reactive ketones (excluding diaryl/α,β-unsaturated/α-hetero) is 2. The highest BCUT2D eigenvalue weighted by atomic mass is 35.5. The number of hydrogen-bond acceptors (Lipinski definition) is 13. The van der Waals surface area contributed by atoms with Gasteiger partial charge >= 0.3 is 0 Å². The van der Waals surface area contributed by atoms with Crippen molar-refractivity contribution in [2.75, 3.05) is 45.5 Å². The monoisotopic (exact) mass is 673 g/mol. The fourth-order valence-electron chi connectivity index (χ4n) is 7.12. The number of aromatic hydroxyl groups is 1. The van der Waals surface area contributed by atoms with Gasteiger partial charge in [0.2, 0.25) is 5.78 Å². The molecule has 15 nitrogen and oxygen atoms in total. The maximum Gasteiger partial charge on any atom is 0.255 e. The molecule has 0 radical (unpaired) electrons. The number of halogens is 1. The third-order valence-electron chi connectivity index (χ3n) is 9.26. The number of carbonyl (C=O) groups is 4. The van der Waals surface area contributed by atoms with E-state index < -0.39 is 75.2 Å². The summed E-state index contributed by atoms with van der Waals surface area (Å²) >= 11 is 6.84. The van der Waals surface area contributed by atoms with Crippen molar-refractivity contribution in [1.29, 1.82) is 0 Å². The van der Waals surface area contributed by atoms with Crippen molar-refractivity contribution >= 4 is 52.1 Å². The minimum absolute atomic E-state index is 0.00109. The summed E-state index contributed by atoms with van der Waals surface area (Å²) in [6.45, 7) is 1.46. The Morgan fingerprint density at radius 1 is 1.19 bits per heavy atom. The number of aliphatic hydroxyl groups excluding tert-OH is 2. The molecule has 0 spiro atoms. The van der Waals surface area contributed by atoms with Crippen LogP contribution in [-0.4, -0.2) is 95.7 Å². The van der Waals surface area contributed by atoms with Crippen molar-refractivity contribution in [3.63, 3.8) is 0 Å². The quantitative estimate of drug-likeness (QED) is 0.119. The number of primary amides is 1. The largest absolute Gasteiger partial charge is 0.508 e. The van der Waals surface area contributed by atoms with E-state index in [1.54, 1.807) is 25.1 Å². The number of carbonyl (C=O) groups excluding carboxylic acids is 4. The molecule has 16 heteroatoms. The second-order valence-electron chi connectivity index (χ2n) is 12.5. The van der Waals surface area contributed by atoms with Gasteiger partial charge in [0.15, 0.2) is 22.7 Å². The van der Waals surface area contributed by atoms with E-state index in [1.165, 1.54) is 45.4 Å². The third-order valence-corrected chi connectivity index (χ3v) is 9.63. The Balaban J connectivity index is 1.71. The lowest BCUT2D eigenvalue weighted by Crippen LogP contribution is -2.65. The van der Waals surface area contributed by atoms with E-state index in [0.29, 0.717) is 11.3 Å². The fourth-order valence-corrected chi connectivity index (χ4v) is 7.54.